The molecule has 0 saturated carbocycles. The number of aliphatic hydroxyl groups is 1. The molecule has 1 amide bonds. The summed E-state index contributed by atoms with van der Waals surface area (Å²) < 4.78 is 0. The lowest BCUT2D eigenvalue weighted by molar-refractivity contribution is -0.384. The molecular formula is C13H17N3O4. The van der Waals surface area contributed by atoms with Gasteiger partial charge in [-0.25, -0.2) is 0 Å². The second kappa shape index (κ2) is 5.98. The van der Waals surface area contributed by atoms with Crippen molar-refractivity contribution in [3.8, 4) is 0 Å². The SMILES string of the molecule is CN(C(=O)Cc1ccc([N+](=O)[O-])cc1)[C@@H]1CNC[C@H]1O. The molecule has 1 fully saturated rings. The summed E-state index contributed by atoms with van der Waals surface area (Å²) in [6, 6.07) is 5.70. The summed E-state index contributed by atoms with van der Waals surface area (Å²) in [5.74, 6) is -0.119. The van der Waals surface area contributed by atoms with Gasteiger partial charge in [-0.1, -0.05) is 12.1 Å². The van der Waals surface area contributed by atoms with E-state index in [0.29, 0.717) is 18.7 Å². The van der Waals surface area contributed by atoms with Crippen molar-refractivity contribution in [2.75, 3.05) is 20.1 Å². The van der Waals surface area contributed by atoms with Crippen LogP contribution in [0, 0.1) is 10.1 Å². The van der Waals surface area contributed by atoms with Gasteiger partial charge in [0.15, 0.2) is 0 Å². The van der Waals surface area contributed by atoms with Crippen LogP contribution in [0.1, 0.15) is 5.56 Å². The maximum atomic E-state index is 12.1. The van der Waals surface area contributed by atoms with Crippen molar-refractivity contribution >= 4 is 11.6 Å². The van der Waals surface area contributed by atoms with E-state index in [-0.39, 0.29) is 24.1 Å². The number of rotatable bonds is 4. The van der Waals surface area contributed by atoms with Crippen molar-refractivity contribution in [1.82, 2.24) is 10.2 Å². The number of hydrogen-bond acceptors (Lipinski definition) is 5. The van der Waals surface area contributed by atoms with E-state index in [0.717, 1.165) is 0 Å². The Bertz CT molecular complexity index is 503. The maximum Gasteiger partial charge on any atom is 0.269 e. The Kier molecular flexibility index (Phi) is 4.31. The zero-order valence-electron chi connectivity index (χ0n) is 11.2. The van der Waals surface area contributed by atoms with Gasteiger partial charge < -0.3 is 15.3 Å². The number of nitro groups is 1. The van der Waals surface area contributed by atoms with Crippen LogP contribution in [0.15, 0.2) is 24.3 Å². The van der Waals surface area contributed by atoms with Crippen molar-refractivity contribution in [2.24, 2.45) is 0 Å². The summed E-state index contributed by atoms with van der Waals surface area (Å²) in [7, 11) is 1.66. The van der Waals surface area contributed by atoms with E-state index in [1.54, 1.807) is 19.2 Å². The molecule has 0 spiro atoms. The molecule has 2 atom stereocenters. The maximum absolute atomic E-state index is 12.1. The van der Waals surface area contributed by atoms with Crippen LogP contribution in [-0.2, 0) is 11.2 Å². The Hall–Kier alpha value is -1.99. The molecule has 20 heavy (non-hydrogen) atoms. The standard InChI is InChI=1S/C13H17N3O4/c1-15(11-7-14-8-12(11)17)13(18)6-9-2-4-10(5-3-9)16(19)20/h2-5,11-12,14,17H,6-8H2,1H3/t11-,12-/m1/s1. The molecule has 7 heteroatoms. The third-order valence-corrected chi connectivity index (χ3v) is 3.54. The van der Waals surface area contributed by atoms with E-state index in [9.17, 15) is 20.0 Å². The van der Waals surface area contributed by atoms with Crippen LogP contribution < -0.4 is 5.32 Å². The first-order valence-electron chi connectivity index (χ1n) is 6.37. The van der Waals surface area contributed by atoms with E-state index in [1.165, 1.54) is 17.0 Å². The number of hydrogen-bond donors (Lipinski definition) is 2. The molecule has 2 N–H and O–H groups in total. The molecule has 0 aliphatic carbocycles. The molecule has 2 rings (SSSR count). The van der Waals surface area contributed by atoms with Crippen molar-refractivity contribution in [3.05, 3.63) is 39.9 Å². The molecule has 1 saturated heterocycles. The first-order chi connectivity index (χ1) is 9.49. The largest absolute Gasteiger partial charge is 0.390 e. The highest BCUT2D eigenvalue weighted by Gasteiger charge is 2.30. The van der Waals surface area contributed by atoms with Crippen molar-refractivity contribution in [1.29, 1.82) is 0 Å². The number of non-ortho nitro benzene ring substituents is 1. The third kappa shape index (κ3) is 3.12. The van der Waals surface area contributed by atoms with Crippen LogP contribution in [-0.4, -0.2) is 53.1 Å². The highest BCUT2D eigenvalue weighted by molar-refractivity contribution is 5.79. The van der Waals surface area contributed by atoms with E-state index in [4.69, 9.17) is 0 Å². The molecule has 1 aromatic carbocycles. The van der Waals surface area contributed by atoms with Gasteiger partial charge in [0.05, 0.1) is 23.5 Å². The van der Waals surface area contributed by atoms with Crippen LogP contribution in [0.25, 0.3) is 0 Å². The van der Waals surface area contributed by atoms with Crippen molar-refractivity contribution < 1.29 is 14.8 Å². The fourth-order valence-electron chi connectivity index (χ4n) is 2.27. The van der Waals surface area contributed by atoms with E-state index in [1.807, 2.05) is 0 Å². The quantitative estimate of drug-likeness (QED) is 0.594. The lowest BCUT2D eigenvalue weighted by atomic mass is 10.1. The van der Waals surface area contributed by atoms with Gasteiger partial charge in [0.1, 0.15) is 0 Å². The monoisotopic (exact) mass is 279 g/mol. The Morgan fingerprint density at radius 1 is 1.45 bits per heavy atom. The highest BCUT2D eigenvalue weighted by Crippen LogP contribution is 2.14. The van der Waals surface area contributed by atoms with Crippen molar-refractivity contribution in [3.63, 3.8) is 0 Å². The smallest absolute Gasteiger partial charge is 0.269 e. The topological polar surface area (TPSA) is 95.7 Å². The number of amides is 1. The van der Waals surface area contributed by atoms with Crippen LogP contribution in [0.5, 0.6) is 0 Å². The molecule has 7 nitrogen and oxygen atoms in total. The zero-order valence-corrected chi connectivity index (χ0v) is 11.2. The number of carbonyl (C=O) groups is 1. The predicted octanol–water partition coefficient (Wildman–Crippen LogP) is -0.0716. The summed E-state index contributed by atoms with van der Waals surface area (Å²) in [5, 5.41) is 23.3. The Morgan fingerprint density at radius 3 is 2.60 bits per heavy atom. The minimum atomic E-state index is -0.555. The predicted molar refractivity (Wildman–Crippen MR) is 72.2 cm³/mol. The molecule has 108 valence electrons. The minimum Gasteiger partial charge on any atom is -0.390 e. The van der Waals surface area contributed by atoms with Gasteiger partial charge in [-0.3, -0.25) is 14.9 Å². The number of nitrogens with one attached hydrogen (secondary N) is 1. The van der Waals surface area contributed by atoms with Gasteiger partial charge in [-0.2, -0.15) is 0 Å². The molecular weight excluding hydrogens is 262 g/mol. The summed E-state index contributed by atoms with van der Waals surface area (Å²) in [5.41, 5.74) is 0.720. The Morgan fingerprint density at radius 2 is 2.10 bits per heavy atom. The summed E-state index contributed by atoms with van der Waals surface area (Å²) >= 11 is 0. The second-order valence-electron chi connectivity index (χ2n) is 4.90. The first kappa shape index (κ1) is 14.4. The van der Waals surface area contributed by atoms with Gasteiger partial charge in [0.2, 0.25) is 5.91 Å². The number of nitrogens with zero attached hydrogens (tertiary/aromatic N) is 2. The lowest BCUT2D eigenvalue weighted by Crippen LogP contribution is -2.44. The van der Waals surface area contributed by atoms with Crippen LogP contribution in [0.4, 0.5) is 5.69 Å². The van der Waals surface area contributed by atoms with Gasteiger partial charge in [0.25, 0.3) is 5.69 Å². The Balaban J connectivity index is 1.98. The fraction of sp³-hybridized carbons (Fsp3) is 0.462. The van der Waals surface area contributed by atoms with Gasteiger partial charge in [-0.15, -0.1) is 0 Å². The molecule has 1 heterocycles. The molecule has 0 aromatic heterocycles. The summed E-state index contributed by atoms with van der Waals surface area (Å²) in [6.45, 7) is 1.06. The van der Waals surface area contributed by atoms with Gasteiger partial charge in [-0.05, 0) is 5.56 Å². The normalized spacial score (nSPS) is 21.7. The number of aliphatic hydroxyl groups excluding tert-OH is 1. The lowest BCUT2D eigenvalue weighted by Gasteiger charge is -2.26. The molecule has 0 unspecified atom stereocenters. The number of likely N-dealkylation sites (N-methyl/N-ethyl adjacent to an activating group) is 1. The van der Waals surface area contributed by atoms with Gasteiger partial charge >= 0.3 is 0 Å². The van der Waals surface area contributed by atoms with Crippen LogP contribution in [0.2, 0.25) is 0 Å². The van der Waals surface area contributed by atoms with Gasteiger partial charge in [0, 0.05) is 32.3 Å². The van der Waals surface area contributed by atoms with Crippen LogP contribution in [0.3, 0.4) is 0 Å². The van der Waals surface area contributed by atoms with E-state index in [2.05, 4.69) is 5.32 Å². The van der Waals surface area contributed by atoms with E-state index >= 15 is 0 Å². The first-order valence-corrected chi connectivity index (χ1v) is 6.37. The number of nitro benzene ring substituents is 1. The summed E-state index contributed by atoms with van der Waals surface area (Å²) in [6.07, 6.45) is -0.390. The number of carbonyl (C=O) groups excluding carboxylic acids is 1. The van der Waals surface area contributed by atoms with Crippen molar-refractivity contribution in [2.45, 2.75) is 18.6 Å². The Labute approximate surface area is 116 Å². The average molecular weight is 279 g/mol. The summed E-state index contributed by atoms with van der Waals surface area (Å²) in [4.78, 5) is 23.7. The fourth-order valence-corrected chi connectivity index (χ4v) is 2.27. The minimum absolute atomic E-state index is 0.00460. The third-order valence-electron chi connectivity index (χ3n) is 3.54. The van der Waals surface area contributed by atoms with Crippen LogP contribution >= 0.6 is 0 Å². The molecule has 1 aliphatic heterocycles. The second-order valence-corrected chi connectivity index (χ2v) is 4.90. The number of β-amino-alcohol motifs (C(OH)–C–C–N with tert-alkyl or cyclic N) is 1. The van der Waals surface area contributed by atoms with E-state index < -0.39 is 11.0 Å². The molecule has 1 aliphatic rings. The number of benzene rings is 1. The molecule has 1 aromatic rings. The average Bonchev–Trinajstić information content (AvgIpc) is 2.84. The zero-order chi connectivity index (χ0) is 14.7. The highest BCUT2D eigenvalue weighted by atomic mass is 16.6. The molecule has 0 bridgehead atoms. The molecule has 0 radical (unpaired) electrons.